The molecular formula is C25H23F2N9O2. The Morgan fingerprint density at radius 3 is 2.50 bits per heavy atom. The maximum absolute atomic E-state index is 14.6. The molecule has 4 aromatic rings. The Hall–Kier alpha value is -5.20. The lowest BCUT2D eigenvalue weighted by Gasteiger charge is -2.15. The molecule has 0 aliphatic carbocycles. The van der Waals surface area contributed by atoms with E-state index in [1.54, 1.807) is 55.7 Å². The van der Waals surface area contributed by atoms with E-state index in [1.165, 1.54) is 0 Å². The quantitative estimate of drug-likeness (QED) is 0.0846. The minimum atomic E-state index is -0.765. The first-order valence-corrected chi connectivity index (χ1v) is 11.3. The summed E-state index contributed by atoms with van der Waals surface area (Å²) in [5.41, 5.74) is 0.934. The SMILES string of the molecule is CCOc1cc(F)c(CNc2ccccc2C(=N)c2nc(N=NN)c(O)c(Nc3ccncc3)n2)c(F)c1. The number of aromatic nitrogens is 3. The number of anilines is 3. The Bertz CT molecular complexity index is 1460. The van der Waals surface area contributed by atoms with E-state index in [9.17, 15) is 13.9 Å². The highest BCUT2D eigenvalue weighted by Crippen LogP contribution is 2.34. The van der Waals surface area contributed by atoms with Crippen molar-refractivity contribution in [2.24, 2.45) is 16.2 Å². The molecular weight excluding hydrogens is 496 g/mol. The summed E-state index contributed by atoms with van der Waals surface area (Å²) >= 11 is 0. The molecule has 0 fully saturated rings. The Kier molecular flexibility index (Phi) is 7.96. The molecule has 0 aliphatic heterocycles. The van der Waals surface area contributed by atoms with Crippen LogP contribution < -0.4 is 21.2 Å². The van der Waals surface area contributed by atoms with Crippen molar-refractivity contribution in [2.75, 3.05) is 17.2 Å². The third-order valence-electron chi connectivity index (χ3n) is 5.26. The molecule has 6 N–H and O–H groups in total. The fourth-order valence-electron chi connectivity index (χ4n) is 3.50. The first-order chi connectivity index (χ1) is 18.4. The number of aromatic hydroxyl groups is 1. The maximum atomic E-state index is 14.6. The number of rotatable bonds is 10. The Morgan fingerprint density at radius 1 is 1.11 bits per heavy atom. The van der Waals surface area contributed by atoms with Crippen molar-refractivity contribution < 1.29 is 18.6 Å². The number of halogens is 2. The zero-order valence-corrected chi connectivity index (χ0v) is 20.1. The van der Waals surface area contributed by atoms with Gasteiger partial charge in [0.15, 0.2) is 11.6 Å². The topological polar surface area (TPSA) is 167 Å². The van der Waals surface area contributed by atoms with Gasteiger partial charge in [-0.3, -0.25) is 10.4 Å². The largest absolute Gasteiger partial charge is 0.502 e. The van der Waals surface area contributed by atoms with Crippen molar-refractivity contribution in [3.63, 3.8) is 0 Å². The van der Waals surface area contributed by atoms with Crippen LogP contribution in [-0.4, -0.2) is 32.4 Å². The standard InChI is InChI=1S/C25H23F2N9O2/c1-2-38-15-11-18(26)17(19(27)12-15)13-31-20-6-4-3-5-16(20)21(28)23-33-24(22(37)25(34-23)35-36-29)32-14-7-9-30-10-8-14/h3-12,28,31,37H,2,13H2,1H3,(H3,29,30,32,33,34,35). The molecule has 11 nitrogen and oxygen atoms in total. The lowest BCUT2D eigenvalue weighted by atomic mass is 10.1. The summed E-state index contributed by atoms with van der Waals surface area (Å²) in [5, 5.41) is 32.0. The number of hydrogen-bond acceptors (Lipinski definition) is 10. The first-order valence-electron chi connectivity index (χ1n) is 11.3. The summed E-state index contributed by atoms with van der Waals surface area (Å²) in [6.07, 6.45) is 3.09. The van der Waals surface area contributed by atoms with Crippen LogP contribution in [0, 0.1) is 17.0 Å². The van der Waals surface area contributed by atoms with E-state index in [-0.39, 0.29) is 47.6 Å². The number of hydrogen-bond donors (Lipinski definition) is 5. The Morgan fingerprint density at radius 2 is 1.82 bits per heavy atom. The molecule has 0 atom stereocenters. The van der Waals surface area contributed by atoms with E-state index in [1.807, 2.05) is 0 Å². The van der Waals surface area contributed by atoms with Crippen molar-refractivity contribution in [3.05, 3.63) is 89.5 Å². The van der Waals surface area contributed by atoms with Crippen molar-refractivity contribution in [1.82, 2.24) is 15.0 Å². The summed E-state index contributed by atoms with van der Waals surface area (Å²) in [4.78, 5) is 12.3. The lowest BCUT2D eigenvalue weighted by molar-refractivity contribution is 0.335. The Labute approximate surface area is 216 Å². The number of pyridine rings is 1. The lowest BCUT2D eigenvalue weighted by Crippen LogP contribution is -2.13. The normalized spacial score (nSPS) is 10.9. The van der Waals surface area contributed by atoms with E-state index in [2.05, 4.69) is 35.9 Å². The van der Waals surface area contributed by atoms with Gasteiger partial charge in [0.05, 0.1) is 6.61 Å². The molecule has 0 bridgehead atoms. The van der Waals surface area contributed by atoms with Crippen molar-refractivity contribution in [3.8, 4) is 11.5 Å². The Balaban J connectivity index is 1.65. The van der Waals surface area contributed by atoms with Gasteiger partial charge in [-0.2, -0.15) is 0 Å². The predicted molar refractivity (Wildman–Crippen MR) is 137 cm³/mol. The van der Waals surface area contributed by atoms with Gasteiger partial charge in [0, 0.05) is 53.6 Å². The van der Waals surface area contributed by atoms with Crippen molar-refractivity contribution in [1.29, 1.82) is 5.41 Å². The number of benzene rings is 2. The van der Waals surface area contributed by atoms with Crippen LogP contribution in [0.4, 0.5) is 31.8 Å². The highest BCUT2D eigenvalue weighted by Gasteiger charge is 2.20. The molecule has 4 rings (SSSR count). The summed E-state index contributed by atoms with van der Waals surface area (Å²) in [6.45, 7) is 1.79. The molecule has 38 heavy (non-hydrogen) atoms. The van der Waals surface area contributed by atoms with E-state index in [0.29, 0.717) is 16.9 Å². The molecule has 0 spiro atoms. The van der Waals surface area contributed by atoms with Gasteiger partial charge in [-0.05, 0) is 25.1 Å². The third kappa shape index (κ3) is 5.78. The van der Waals surface area contributed by atoms with Gasteiger partial charge in [-0.1, -0.05) is 23.4 Å². The smallest absolute Gasteiger partial charge is 0.224 e. The van der Waals surface area contributed by atoms with E-state index < -0.39 is 17.4 Å². The summed E-state index contributed by atoms with van der Waals surface area (Å²) in [6, 6.07) is 12.2. The maximum Gasteiger partial charge on any atom is 0.224 e. The molecule has 0 saturated heterocycles. The van der Waals surface area contributed by atoms with Crippen molar-refractivity contribution >= 4 is 28.7 Å². The second-order valence-corrected chi connectivity index (χ2v) is 7.72. The molecule has 194 valence electrons. The highest BCUT2D eigenvalue weighted by molar-refractivity contribution is 6.12. The number of nitrogens with two attached hydrogens (primary N) is 1. The second kappa shape index (κ2) is 11.7. The number of nitrogens with zero attached hydrogens (tertiary/aromatic N) is 5. The minimum Gasteiger partial charge on any atom is -0.502 e. The molecule has 13 heteroatoms. The van der Waals surface area contributed by atoms with Crippen LogP contribution in [0.2, 0.25) is 0 Å². The van der Waals surface area contributed by atoms with Crippen LogP contribution in [0.3, 0.4) is 0 Å². The number of ether oxygens (including phenoxy) is 1. The molecule has 0 aliphatic rings. The second-order valence-electron chi connectivity index (χ2n) is 7.72. The van der Waals surface area contributed by atoms with E-state index >= 15 is 0 Å². The number of para-hydroxylation sites is 1. The summed E-state index contributed by atoms with van der Waals surface area (Å²) < 4.78 is 34.3. The van der Waals surface area contributed by atoms with Crippen LogP contribution in [0.25, 0.3) is 0 Å². The first kappa shape index (κ1) is 25.9. The predicted octanol–water partition coefficient (Wildman–Crippen LogP) is 4.98. The molecule has 0 saturated carbocycles. The minimum absolute atomic E-state index is 0.0441. The van der Waals surface area contributed by atoms with Gasteiger partial charge in [-0.25, -0.2) is 18.7 Å². The average molecular weight is 520 g/mol. The molecule has 0 unspecified atom stereocenters. The van der Waals surface area contributed by atoms with Gasteiger partial charge in [0.25, 0.3) is 0 Å². The molecule has 2 aromatic carbocycles. The van der Waals surface area contributed by atoms with E-state index in [4.69, 9.17) is 16.0 Å². The van der Waals surface area contributed by atoms with Gasteiger partial charge < -0.3 is 26.3 Å². The monoisotopic (exact) mass is 519 g/mol. The zero-order valence-electron chi connectivity index (χ0n) is 20.1. The van der Waals surface area contributed by atoms with Gasteiger partial charge in [0.1, 0.15) is 23.1 Å². The van der Waals surface area contributed by atoms with Crippen LogP contribution in [0.1, 0.15) is 23.9 Å². The van der Waals surface area contributed by atoms with Crippen LogP contribution in [-0.2, 0) is 6.54 Å². The zero-order chi connectivity index (χ0) is 27.1. The third-order valence-corrected chi connectivity index (χ3v) is 5.26. The van der Waals surface area contributed by atoms with Crippen LogP contribution in [0.5, 0.6) is 11.5 Å². The van der Waals surface area contributed by atoms with Gasteiger partial charge in [0.2, 0.25) is 11.6 Å². The van der Waals surface area contributed by atoms with Gasteiger partial charge >= 0.3 is 0 Å². The molecule has 0 radical (unpaired) electrons. The number of nitrogens with one attached hydrogen (secondary N) is 3. The van der Waals surface area contributed by atoms with Crippen LogP contribution in [0.15, 0.2) is 71.3 Å². The highest BCUT2D eigenvalue weighted by atomic mass is 19.1. The summed E-state index contributed by atoms with van der Waals surface area (Å²) in [5.74, 6) is 2.88. The van der Waals surface area contributed by atoms with Crippen LogP contribution >= 0.6 is 0 Å². The molecule has 0 amide bonds. The fourth-order valence-corrected chi connectivity index (χ4v) is 3.50. The molecule has 2 aromatic heterocycles. The fraction of sp³-hybridized carbons (Fsp3) is 0.120. The summed E-state index contributed by atoms with van der Waals surface area (Å²) in [7, 11) is 0. The van der Waals surface area contributed by atoms with Gasteiger partial charge in [-0.15, -0.1) is 5.11 Å². The van der Waals surface area contributed by atoms with Crippen molar-refractivity contribution in [2.45, 2.75) is 13.5 Å². The average Bonchev–Trinajstić information content (AvgIpc) is 2.91. The molecule has 2 heterocycles. The van der Waals surface area contributed by atoms with E-state index in [0.717, 1.165) is 12.1 Å².